The summed E-state index contributed by atoms with van der Waals surface area (Å²) in [5.74, 6) is -0.219. The Labute approximate surface area is 112 Å². The van der Waals surface area contributed by atoms with Crippen LogP contribution in [0.15, 0.2) is 10.5 Å². The Hall–Kier alpha value is -1.33. The van der Waals surface area contributed by atoms with E-state index in [9.17, 15) is 4.79 Å². The number of furan rings is 1. The van der Waals surface area contributed by atoms with Crippen molar-refractivity contribution in [2.24, 2.45) is 0 Å². The monoisotopic (exact) mass is 264 g/mol. The molecule has 104 valence electrons. The van der Waals surface area contributed by atoms with E-state index in [2.05, 4.69) is 10.2 Å². The smallest absolute Gasteiger partial charge is 0.372 e. The molecule has 0 aliphatic carbocycles. The number of aromatic carboxylic acids is 1. The Kier molecular flexibility index (Phi) is 3.33. The molecule has 2 unspecified atom stereocenters. The zero-order valence-electron chi connectivity index (χ0n) is 11.2. The van der Waals surface area contributed by atoms with Gasteiger partial charge in [0.15, 0.2) is 0 Å². The first-order valence-electron chi connectivity index (χ1n) is 6.95. The number of hydrogen-bond donors (Lipinski definition) is 2. The van der Waals surface area contributed by atoms with Crippen LogP contribution in [-0.2, 0) is 6.54 Å². The summed E-state index contributed by atoms with van der Waals surface area (Å²) in [6.45, 7) is 4.79. The zero-order valence-corrected chi connectivity index (χ0v) is 11.2. The molecule has 1 aromatic heterocycles. The summed E-state index contributed by atoms with van der Waals surface area (Å²) < 4.78 is 5.37. The van der Waals surface area contributed by atoms with Crippen LogP contribution in [0.5, 0.6) is 0 Å². The van der Waals surface area contributed by atoms with Crippen LogP contribution in [0.4, 0.5) is 0 Å². The van der Waals surface area contributed by atoms with Gasteiger partial charge in [0.05, 0.1) is 6.54 Å². The molecule has 3 rings (SSSR count). The van der Waals surface area contributed by atoms with Crippen molar-refractivity contribution in [2.45, 2.75) is 44.8 Å². The molecule has 5 heteroatoms. The topological polar surface area (TPSA) is 65.7 Å². The Morgan fingerprint density at radius 2 is 2.37 bits per heavy atom. The maximum Gasteiger partial charge on any atom is 0.372 e. The lowest BCUT2D eigenvalue weighted by atomic mass is 10.1. The van der Waals surface area contributed by atoms with Crippen LogP contribution >= 0.6 is 0 Å². The molecule has 2 aliphatic rings. The van der Waals surface area contributed by atoms with Crippen molar-refractivity contribution in [2.75, 3.05) is 13.1 Å². The second kappa shape index (κ2) is 4.98. The van der Waals surface area contributed by atoms with Gasteiger partial charge < -0.3 is 14.8 Å². The molecule has 5 nitrogen and oxygen atoms in total. The number of rotatable bonds is 4. The Bertz CT molecular complexity index is 483. The number of nitrogens with zero attached hydrogens (tertiary/aromatic N) is 1. The molecule has 2 N–H and O–H groups in total. The summed E-state index contributed by atoms with van der Waals surface area (Å²) >= 11 is 0. The minimum absolute atomic E-state index is 0.0608. The van der Waals surface area contributed by atoms with Crippen molar-refractivity contribution in [3.63, 3.8) is 0 Å². The van der Waals surface area contributed by atoms with E-state index in [1.807, 2.05) is 6.07 Å². The highest BCUT2D eigenvalue weighted by atomic mass is 16.4. The average Bonchev–Trinajstić information content (AvgIpc) is 3.01. The Morgan fingerprint density at radius 1 is 1.53 bits per heavy atom. The number of carbonyl (C=O) groups is 1. The standard InChI is InChI=1S/C14H20N2O3/c1-9-7-10(19-13(9)14(17)18)8-15-11-4-6-16-5-2-3-12(11)16/h7,11-12,15H,2-6,8H2,1H3,(H,17,18). The highest BCUT2D eigenvalue weighted by Gasteiger charge is 2.36. The maximum absolute atomic E-state index is 10.9. The predicted molar refractivity (Wildman–Crippen MR) is 70.2 cm³/mol. The van der Waals surface area contributed by atoms with Gasteiger partial charge in [0, 0.05) is 24.2 Å². The number of fused-ring (bicyclic) bond motifs is 1. The van der Waals surface area contributed by atoms with Gasteiger partial charge in [-0.1, -0.05) is 0 Å². The van der Waals surface area contributed by atoms with Crippen molar-refractivity contribution in [1.29, 1.82) is 0 Å². The van der Waals surface area contributed by atoms with E-state index < -0.39 is 5.97 Å². The van der Waals surface area contributed by atoms with Crippen LogP contribution in [0.25, 0.3) is 0 Å². The van der Waals surface area contributed by atoms with Gasteiger partial charge in [-0.15, -0.1) is 0 Å². The SMILES string of the molecule is Cc1cc(CNC2CCN3CCCC23)oc1C(=O)O. The minimum atomic E-state index is -0.994. The minimum Gasteiger partial charge on any atom is -0.475 e. The summed E-state index contributed by atoms with van der Waals surface area (Å²) in [6, 6.07) is 2.99. The summed E-state index contributed by atoms with van der Waals surface area (Å²) in [5.41, 5.74) is 0.693. The maximum atomic E-state index is 10.9. The predicted octanol–water partition coefficient (Wildman–Crippen LogP) is 1.61. The van der Waals surface area contributed by atoms with Crippen molar-refractivity contribution in [3.05, 3.63) is 23.2 Å². The van der Waals surface area contributed by atoms with Gasteiger partial charge in [0.1, 0.15) is 5.76 Å². The summed E-state index contributed by atoms with van der Waals surface area (Å²) in [4.78, 5) is 13.5. The fraction of sp³-hybridized carbons (Fsp3) is 0.643. The third-order valence-corrected chi connectivity index (χ3v) is 4.31. The molecule has 2 fully saturated rings. The van der Waals surface area contributed by atoms with Crippen molar-refractivity contribution in [1.82, 2.24) is 10.2 Å². The summed E-state index contributed by atoms with van der Waals surface area (Å²) in [7, 11) is 0. The summed E-state index contributed by atoms with van der Waals surface area (Å²) in [5, 5.41) is 12.5. The fourth-order valence-corrected chi connectivity index (χ4v) is 3.40. The number of carboxylic acids is 1. The van der Waals surface area contributed by atoms with Gasteiger partial charge in [-0.25, -0.2) is 4.79 Å². The summed E-state index contributed by atoms with van der Waals surface area (Å²) in [6.07, 6.45) is 3.75. The first-order valence-corrected chi connectivity index (χ1v) is 6.95. The molecule has 0 radical (unpaired) electrons. The second-order valence-corrected chi connectivity index (χ2v) is 5.55. The van der Waals surface area contributed by atoms with Gasteiger partial charge >= 0.3 is 5.97 Å². The van der Waals surface area contributed by atoms with E-state index in [1.54, 1.807) is 6.92 Å². The van der Waals surface area contributed by atoms with Gasteiger partial charge in [-0.2, -0.15) is 0 Å². The van der Waals surface area contributed by atoms with Gasteiger partial charge in [-0.05, 0) is 38.8 Å². The molecule has 3 heterocycles. The number of aryl methyl sites for hydroxylation is 1. The number of carboxylic acid groups (broad SMARTS) is 1. The third-order valence-electron chi connectivity index (χ3n) is 4.31. The lowest BCUT2D eigenvalue weighted by Crippen LogP contribution is -2.38. The Balaban J connectivity index is 1.60. The molecule has 0 bridgehead atoms. The van der Waals surface area contributed by atoms with Crippen LogP contribution in [0, 0.1) is 6.92 Å². The highest BCUT2D eigenvalue weighted by molar-refractivity contribution is 5.86. The zero-order chi connectivity index (χ0) is 13.4. The molecule has 0 amide bonds. The van der Waals surface area contributed by atoms with E-state index in [-0.39, 0.29) is 5.76 Å². The normalized spacial score (nSPS) is 26.8. The average molecular weight is 264 g/mol. The Morgan fingerprint density at radius 3 is 3.11 bits per heavy atom. The fourth-order valence-electron chi connectivity index (χ4n) is 3.40. The second-order valence-electron chi connectivity index (χ2n) is 5.55. The van der Waals surface area contributed by atoms with E-state index in [1.165, 1.54) is 32.4 Å². The largest absolute Gasteiger partial charge is 0.475 e. The molecule has 2 atom stereocenters. The van der Waals surface area contributed by atoms with Crippen LogP contribution in [0.1, 0.15) is 41.1 Å². The van der Waals surface area contributed by atoms with Gasteiger partial charge in [-0.3, -0.25) is 4.90 Å². The van der Waals surface area contributed by atoms with E-state index in [0.29, 0.717) is 30.0 Å². The first kappa shape index (κ1) is 12.7. The molecule has 0 spiro atoms. The van der Waals surface area contributed by atoms with E-state index in [0.717, 1.165) is 0 Å². The lowest BCUT2D eigenvalue weighted by molar-refractivity contribution is 0.0659. The lowest BCUT2D eigenvalue weighted by Gasteiger charge is -2.20. The third kappa shape index (κ3) is 2.40. The molecule has 0 saturated carbocycles. The molecule has 1 aromatic rings. The molecule has 2 aliphatic heterocycles. The van der Waals surface area contributed by atoms with Crippen molar-refractivity contribution >= 4 is 5.97 Å². The molecule has 2 saturated heterocycles. The number of nitrogens with one attached hydrogen (secondary N) is 1. The first-order chi connectivity index (χ1) is 9.15. The van der Waals surface area contributed by atoms with Crippen molar-refractivity contribution < 1.29 is 14.3 Å². The van der Waals surface area contributed by atoms with Crippen LogP contribution < -0.4 is 5.32 Å². The van der Waals surface area contributed by atoms with E-state index >= 15 is 0 Å². The van der Waals surface area contributed by atoms with Gasteiger partial charge in [0.2, 0.25) is 5.76 Å². The van der Waals surface area contributed by atoms with Crippen LogP contribution in [-0.4, -0.2) is 41.1 Å². The quantitative estimate of drug-likeness (QED) is 0.865. The van der Waals surface area contributed by atoms with Crippen LogP contribution in [0.2, 0.25) is 0 Å². The molecular weight excluding hydrogens is 244 g/mol. The molecular formula is C14H20N2O3. The van der Waals surface area contributed by atoms with Crippen LogP contribution in [0.3, 0.4) is 0 Å². The molecule has 0 aromatic carbocycles. The van der Waals surface area contributed by atoms with E-state index in [4.69, 9.17) is 9.52 Å². The number of hydrogen-bond acceptors (Lipinski definition) is 4. The van der Waals surface area contributed by atoms with Gasteiger partial charge in [0.25, 0.3) is 0 Å². The highest BCUT2D eigenvalue weighted by Crippen LogP contribution is 2.28. The molecule has 19 heavy (non-hydrogen) atoms. The van der Waals surface area contributed by atoms with Crippen molar-refractivity contribution in [3.8, 4) is 0 Å².